The van der Waals surface area contributed by atoms with Crippen LogP contribution in [0.5, 0.6) is 0 Å². The van der Waals surface area contributed by atoms with Gasteiger partial charge < -0.3 is 10.3 Å². The Morgan fingerprint density at radius 3 is 2.74 bits per heavy atom. The second-order valence-electron chi connectivity index (χ2n) is 4.32. The Morgan fingerprint density at radius 1 is 1.47 bits per heavy atom. The lowest BCUT2D eigenvalue weighted by atomic mass is 10.2. The smallest absolute Gasteiger partial charge is 0.369 e. The normalized spacial score (nSPS) is 13.4. The average Bonchev–Trinajstić information content (AvgIpc) is 2.61. The number of fused-ring (bicyclic) bond motifs is 1. The predicted octanol–water partition coefficient (Wildman–Crippen LogP) is 3.00. The van der Waals surface area contributed by atoms with Gasteiger partial charge in [0.05, 0.1) is 29.1 Å². The van der Waals surface area contributed by atoms with Gasteiger partial charge >= 0.3 is 6.18 Å². The lowest BCUT2D eigenvalue weighted by Crippen LogP contribution is -2.17. The van der Waals surface area contributed by atoms with Crippen LogP contribution in [0.15, 0.2) is 18.2 Å². The van der Waals surface area contributed by atoms with Crippen molar-refractivity contribution in [3.63, 3.8) is 0 Å². The van der Waals surface area contributed by atoms with Gasteiger partial charge in [0.15, 0.2) is 0 Å². The summed E-state index contributed by atoms with van der Waals surface area (Å²) in [5.41, 5.74) is 6.94. The third kappa shape index (κ3) is 2.62. The zero-order chi connectivity index (χ0) is 14.2. The van der Waals surface area contributed by atoms with Crippen molar-refractivity contribution in [1.82, 2.24) is 9.55 Å². The van der Waals surface area contributed by atoms with Crippen LogP contribution in [-0.2, 0) is 0 Å². The summed E-state index contributed by atoms with van der Waals surface area (Å²) in [4.78, 5) is 4.00. The van der Waals surface area contributed by atoms with Crippen LogP contribution in [0.1, 0.15) is 24.9 Å². The molecule has 1 heterocycles. The Labute approximate surface area is 107 Å². The second kappa shape index (κ2) is 4.46. The highest BCUT2D eigenvalue weighted by Crippen LogP contribution is 2.31. The van der Waals surface area contributed by atoms with Gasteiger partial charge in [-0.2, -0.15) is 18.4 Å². The first-order valence-corrected chi connectivity index (χ1v) is 5.56. The van der Waals surface area contributed by atoms with Crippen molar-refractivity contribution in [2.45, 2.75) is 25.6 Å². The minimum Gasteiger partial charge on any atom is -0.369 e. The molecular formula is C12H11F3N4. The first-order chi connectivity index (χ1) is 8.81. The fraction of sp³-hybridized carbons (Fsp3) is 0.333. The monoisotopic (exact) mass is 268 g/mol. The van der Waals surface area contributed by atoms with Gasteiger partial charge in [-0.1, -0.05) is 0 Å². The number of rotatable bonds is 2. The van der Waals surface area contributed by atoms with E-state index in [1.54, 1.807) is 12.1 Å². The Bertz CT molecular complexity index is 651. The maximum absolute atomic E-state index is 12.4. The number of nitrogens with zero attached hydrogens (tertiary/aromatic N) is 3. The van der Waals surface area contributed by atoms with Gasteiger partial charge in [-0.25, -0.2) is 4.98 Å². The molecule has 0 aliphatic heterocycles. The highest BCUT2D eigenvalue weighted by molar-refractivity contribution is 5.80. The van der Waals surface area contributed by atoms with E-state index >= 15 is 0 Å². The third-order valence-corrected chi connectivity index (χ3v) is 2.81. The standard InChI is InChI=1S/C12H11F3N4/c1-7(5-12(13,14)15)19-10-4-8(6-16)2-3-9(10)18-11(19)17/h2-4,7H,5H2,1H3,(H2,17,18). The number of benzene rings is 1. The van der Waals surface area contributed by atoms with Crippen LogP contribution in [0.4, 0.5) is 19.1 Å². The number of imidazole rings is 1. The summed E-state index contributed by atoms with van der Waals surface area (Å²) in [5.74, 6) is 0.0156. The number of nitriles is 1. The zero-order valence-electron chi connectivity index (χ0n) is 10.1. The lowest BCUT2D eigenvalue weighted by Gasteiger charge is -2.17. The van der Waals surface area contributed by atoms with Gasteiger partial charge in [0, 0.05) is 6.04 Å². The molecule has 0 aliphatic carbocycles. The first-order valence-electron chi connectivity index (χ1n) is 5.56. The summed E-state index contributed by atoms with van der Waals surface area (Å²) in [7, 11) is 0. The summed E-state index contributed by atoms with van der Waals surface area (Å²) in [5, 5.41) is 8.83. The van der Waals surface area contributed by atoms with Crippen LogP contribution in [0, 0.1) is 11.3 Å². The van der Waals surface area contributed by atoms with Gasteiger partial charge in [-0.3, -0.25) is 0 Å². The molecule has 100 valence electrons. The van der Waals surface area contributed by atoms with E-state index in [1.807, 2.05) is 6.07 Å². The Hall–Kier alpha value is -2.23. The average molecular weight is 268 g/mol. The van der Waals surface area contributed by atoms with Crippen LogP contribution in [0.25, 0.3) is 11.0 Å². The minimum atomic E-state index is -4.28. The number of anilines is 1. The van der Waals surface area contributed by atoms with E-state index in [-0.39, 0.29) is 5.95 Å². The molecule has 1 aromatic carbocycles. The SMILES string of the molecule is CC(CC(F)(F)F)n1c(N)nc2ccc(C#N)cc21. The fourth-order valence-electron chi connectivity index (χ4n) is 2.07. The van der Waals surface area contributed by atoms with E-state index < -0.39 is 18.6 Å². The maximum atomic E-state index is 12.4. The predicted molar refractivity (Wildman–Crippen MR) is 64.2 cm³/mol. The van der Waals surface area contributed by atoms with Crippen molar-refractivity contribution < 1.29 is 13.2 Å². The van der Waals surface area contributed by atoms with Crippen LogP contribution in [0.3, 0.4) is 0 Å². The molecule has 2 aromatic rings. The number of hydrogen-bond acceptors (Lipinski definition) is 3. The largest absolute Gasteiger partial charge is 0.391 e. The van der Waals surface area contributed by atoms with Crippen LogP contribution in [0.2, 0.25) is 0 Å². The minimum absolute atomic E-state index is 0.0156. The summed E-state index contributed by atoms with van der Waals surface area (Å²) in [6.45, 7) is 1.42. The van der Waals surface area contributed by atoms with E-state index in [0.717, 1.165) is 0 Å². The molecule has 0 bridgehead atoms. The van der Waals surface area contributed by atoms with Crippen molar-refractivity contribution in [1.29, 1.82) is 5.26 Å². The molecule has 1 unspecified atom stereocenters. The van der Waals surface area contributed by atoms with Gasteiger partial charge in [-0.05, 0) is 25.1 Å². The molecule has 19 heavy (non-hydrogen) atoms. The summed E-state index contributed by atoms with van der Waals surface area (Å²) in [6, 6.07) is 5.67. The molecule has 0 amide bonds. The summed E-state index contributed by atoms with van der Waals surface area (Å²) in [6.07, 6.45) is -5.28. The Kier molecular flexibility index (Phi) is 3.10. The van der Waals surface area contributed by atoms with Crippen molar-refractivity contribution >= 4 is 17.0 Å². The molecule has 4 nitrogen and oxygen atoms in total. The number of aromatic nitrogens is 2. The molecular weight excluding hydrogens is 257 g/mol. The number of alkyl halides is 3. The highest BCUT2D eigenvalue weighted by atomic mass is 19.4. The maximum Gasteiger partial charge on any atom is 0.391 e. The molecule has 0 spiro atoms. The molecule has 7 heteroatoms. The quantitative estimate of drug-likeness (QED) is 0.910. The fourth-order valence-corrected chi connectivity index (χ4v) is 2.07. The van der Waals surface area contributed by atoms with Crippen LogP contribution < -0.4 is 5.73 Å². The summed E-state index contributed by atoms with van der Waals surface area (Å²) < 4.78 is 38.7. The molecule has 0 aliphatic rings. The van der Waals surface area contributed by atoms with Gasteiger partial charge in [-0.15, -0.1) is 0 Å². The van der Waals surface area contributed by atoms with Crippen LogP contribution in [-0.4, -0.2) is 15.7 Å². The van der Waals surface area contributed by atoms with Crippen molar-refractivity contribution in [2.24, 2.45) is 0 Å². The molecule has 0 fully saturated rings. The molecule has 2 N–H and O–H groups in total. The van der Waals surface area contributed by atoms with E-state index in [9.17, 15) is 13.2 Å². The van der Waals surface area contributed by atoms with Gasteiger partial charge in [0.1, 0.15) is 0 Å². The third-order valence-electron chi connectivity index (χ3n) is 2.81. The summed E-state index contributed by atoms with van der Waals surface area (Å²) >= 11 is 0. The number of nitrogen functional groups attached to an aromatic ring is 1. The molecule has 1 aromatic heterocycles. The molecule has 0 saturated carbocycles. The topological polar surface area (TPSA) is 67.6 Å². The van der Waals surface area contributed by atoms with Crippen molar-refractivity contribution in [3.8, 4) is 6.07 Å². The molecule has 1 atom stereocenters. The second-order valence-corrected chi connectivity index (χ2v) is 4.32. The molecule has 0 saturated heterocycles. The highest BCUT2D eigenvalue weighted by Gasteiger charge is 2.31. The Balaban J connectivity index is 2.53. The van der Waals surface area contributed by atoms with Crippen LogP contribution >= 0.6 is 0 Å². The zero-order valence-corrected chi connectivity index (χ0v) is 10.1. The number of hydrogen-bond donors (Lipinski definition) is 1. The molecule has 2 rings (SSSR count). The van der Waals surface area contributed by atoms with Gasteiger partial charge in [0.25, 0.3) is 0 Å². The van der Waals surface area contributed by atoms with Crippen molar-refractivity contribution in [2.75, 3.05) is 5.73 Å². The van der Waals surface area contributed by atoms with Gasteiger partial charge in [0.2, 0.25) is 5.95 Å². The van der Waals surface area contributed by atoms with E-state index in [2.05, 4.69) is 4.98 Å². The first kappa shape index (κ1) is 13.2. The Morgan fingerprint density at radius 2 is 2.16 bits per heavy atom. The lowest BCUT2D eigenvalue weighted by molar-refractivity contribution is -0.141. The number of halogens is 3. The van der Waals surface area contributed by atoms with E-state index in [1.165, 1.54) is 17.6 Å². The van der Waals surface area contributed by atoms with E-state index in [0.29, 0.717) is 16.6 Å². The van der Waals surface area contributed by atoms with E-state index in [4.69, 9.17) is 11.0 Å². The van der Waals surface area contributed by atoms with Crippen molar-refractivity contribution in [3.05, 3.63) is 23.8 Å². The number of nitrogens with two attached hydrogens (primary N) is 1. The molecule has 0 radical (unpaired) electrons.